The largest absolute Gasteiger partial charge is 0.311 e. The van der Waals surface area contributed by atoms with Crippen molar-refractivity contribution in [3.63, 3.8) is 0 Å². The summed E-state index contributed by atoms with van der Waals surface area (Å²) in [7, 11) is 0. The molecule has 1 saturated heterocycles. The first-order valence-corrected chi connectivity index (χ1v) is 12.2. The molecule has 0 spiro atoms. The Morgan fingerprint density at radius 2 is 1.94 bits per heavy atom. The van der Waals surface area contributed by atoms with E-state index in [2.05, 4.69) is 28.5 Å². The molecule has 8 heteroatoms. The summed E-state index contributed by atoms with van der Waals surface area (Å²) in [6.07, 6.45) is 1.29. The van der Waals surface area contributed by atoms with Crippen LogP contribution in [0.3, 0.4) is 0 Å². The van der Waals surface area contributed by atoms with Gasteiger partial charge in [0, 0.05) is 30.3 Å². The molecule has 3 aromatic rings. The third kappa shape index (κ3) is 5.32. The van der Waals surface area contributed by atoms with E-state index in [0.717, 1.165) is 28.4 Å². The van der Waals surface area contributed by atoms with E-state index in [-0.39, 0.29) is 17.7 Å². The summed E-state index contributed by atoms with van der Waals surface area (Å²) in [6, 6.07) is 18.1. The van der Waals surface area contributed by atoms with Gasteiger partial charge in [0.05, 0.1) is 5.75 Å². The van der Waals surface area contributed by atoms with E-state index < -0.39 is 0 Å². The number of anilines is 2. The summed E-state index contributed by atoms with van der Waals surface area (Å²) < 4.78 is 0. The zero-order valence-corrected chi connectivity index (χ0v) is 18.9. The Hall–Kier alpha value is -2.71. The molecule has 1 unspecified atom stereocenters. The fraction of sp³-hybridized carbons (Fsp3) is 0.304. The van der Waals surface area contributed by atoms with Crippen LogP contribution in [0.25, 0.3) is 0 Å². The van der Waals surface area contributed by atoms with Crippen molar-refractivity contribution in [3.8, 4) is 0 Å². The Morgan fingerprint density at radius 3 is 2.74 bits per heavy atom. The summed E-state index contributed by atoms with van der Waals surface area (Å²) >= 11 is 2.92. The molecule has 2 amide bonds. The first-order valence-electron chi connectivity index (χ1n) is 10.3. The summed E-state index contributed by atoms with van der Waals surface area (Å²) in [4.78, 5) is 26.7. The highest BCUT2D eigenvalue weighted by molar-refractivity contribution is 7.99. The molecule has 0 aliphatic carbocycles. The Kier molecular flexibility index (Phi) is 6.99. The van der Waals surface area contributed by atoms with Crippen molar-refractivity contribution in [3.05, 3.63) is 70.7 Å². The van der Waals surface area contributed by atoms with E-state index in [9.17, 15) is 9.59 Å². The lowest BCUT2D eigenvalue weighted by Crippen LogP contribution is -2.25. The molecule has 160 valence electrons. The van der Waals surface area contributed by atoms with Gasteiger partial charge in [-0.3, -0.25) is 14.9 Å². The summed E-state index contributed by atoms with van der Waals surface area (Å²) in [5, 5.41) is 12.5. The predicted octanol–water partition coefficient (Wildman–Crippen LogP) is 4.49. The Morgan fingerprint density at radius 1 is 1.16 bits per heavy atom. The van der Waals surface area contributed by atoms with Gasteiger partial charge in [-0.15, -0.1) is 22.0 Å². The van der Waals surface area contributed by atoms with Gasteiger partial charge in [-0.25, -0.2) is 0 Å². The molecule has 1 aliphatic heterocycles. The van der Waals surface area contributed by atoms with E-state index >= 15 is 0 Å². The average molecular weight is 453 g/mol. The molecule has 1 N–H and O–H groups in total. The van der Waals surface area contributed by atoms with E-state index in [1.54, 1.807) is 11.8 Å². The molecule has 4 rings (SSSR count). The minimum Gasteiger partial charge on any atom is -0.311 e. The number of thioether (sulfide) groups is 1. The second kappa shape index (κ2) is 10.1. The number of carbonyl (C=O) groups excluding carboxylic acids is 2. The fourth-order valence-corrected chi connectivity index (χ4v) is 5.26. The number of amides is 2. The minimum atomic E-state index is -0.0929. The number of aromatic nitrogens is 2. The summed E-state index contributed by atoms with van der Waals surface area (Å²) in [5.41, 5.74) is 3.33. The summed E-state index contributed by atoms with van der Waals surface area (Å²) in [6.45, 7) is 2.68. The molecule has 0 radical (unpaired) electrons. The van der Waals surface area contributed by atoms with Crippen LogP contribution in [0.5, 0.6) is 0 Å². The molecule has 2 heterocycles. The first-order chi connectivity index (χ1) is 15.1. The van der Waals surface area contributed by atoms with Crippen molar-refractivity contribution < 1.29 is 9.59 Å². The van der Waals surface area contributed by atoms with Crippen molar-refractivity contribution in [1.29, 1.82) is 0 Å². The smallest absolute Gasteiger partial charge is 0.236 e. The standard InChI is InChI=1S/C23H24N4O2S2/c1-2-17-10-6-7-11-19(17)27-13-18(12-21(27)29)22-25-26-23(31-22)24-20(28)15-30-14-16-8-4-3-5-9-16/h3-11,18H,2,12-15H2,1H3,(H,24,26,28). The molecule has 1 fully saturated rings. The minimum absolute atomic E-state index is 0.00646. The Bertz CT molecular complexity index is 1050. The second-order valence-corrected chi connectivity index (χ2v) is 9.35. The molecule has 31 heavy (non-hydrogen) atoms. The van der Waals surface area contributed by atoms with Gasteiger partial charge in [-0.05, 0) is 23.6 Å². The number of hydrogen-bond donors (Lipinski definition) is 1. The Balaban J connectivity index is 1.32. The van der Waals surface area contributed by atoms with Crippen LogP contribution < -0.4 is 10.2 Å². The van der Waals surface area contributed by atoms with Crippen LogP contribution in [0.1, 0.15) is 35.4 Å². The highest BCUT2D eigenvalue weighted by atomic mass is 32.2. The third-order valence-electron chi connectivity index (χ3n) is 5.17. The van der Waals surface area contributed by atoms with Gasteiger partial charge in [0.25, 0.3) is 0 Å². The number of benzene rings is 2. The highest BCUT2D eigenvalue weighted by Gasteiger charge is 2.34. The molecular weight excluding hydrogens is 428 g/mol. The lowest BCUT2D eigenvalue weighted by molar-refractivity contribution is -0.117. The van der Waals surface area contributed by atoms with Crippen LogP contribution in [0.2, 0.25) is 0 Å². The maximum atomic E-state index is 12.7. The van der Waals surface area contributed by atoms with Crippen LogP contribution in [-0.4, -0.2) is 34.3 Å². The van der Waals surface area contributed by atoms with Crippen molar-refractivity contribution >= 4 is 45.7 Å². The average Bonchev–Trinajstić information content (AvgIpc) is 3.41. The van der Waals surface area contributed by atoms with Crippen LogP contribution in [0.15, 0.2) is 54.6 Å². The van der Waals surface area contributed by atoms with E-state index in [4.69, 9.17) is 0 Å². The highest BCUT2D eigenvalue weighted by Crippen LogP contribution is 2.35. The molecule has 0 saturated carbocycles. The van der Waals surface area contributed by atoms with Gasteiger partial charge in [0.15, 0.2) is 0 Å². The number of rotatable bonds is 8. The molecule has 6 nitrogen and oxygen atoms in total. The van der Waals surface area contributed by atoms with Gasteiger partial charge in [-0.2, -0.15) is 0 Å². The maximum Gasteiger partial charge on any atom is 0.236 e. The summed E-state index contributed by atoms with van der Waals surface area (Å²) in [5.74, 6) is 1.14. The van der Waals surface area contributed by atoms with Crippen molar-refractivity contribution in [2.75, 3.05) is 22.5 Å². The second-order valence-electron chi connectivity index (χ2n) is 7.36. The van der Waals surface area contributed by atoms with Gasteiger partial charge < -0.3 is 4.90 Å². The zero-order valence-electron chi connectivity index (χ0n) is 17.3. The van der Waals surface area contributed by atoms with Crippen LogP contribution in [0, 0.1) is 0 Å². The maximum absolute atomic E-state index is 12.7. The monoisotopic (exact) mass is 452 g/mol. The predicted molar refractivity (Wildman–Crippen MR) is 127 cm³/mol. The molecule has 0 bridgehead atoms. The lowest BCUT2D eigenvalue weighted by Gasteiger charge is -2.19. The molecule has 1 aliphatic rings. The van der Waals surface area contributed by atoms with Crippen LogP contribution >= 0.6 is 23.1 Å². The number of nitrogens with zero attached hydrogens (tertiary/aromatic N) is 3. The van der Waals surface area contributed by atoms with E-state index in [1.165, 1.54) is 16.9 Å². The normalized spacial score (nSPS) is 16.0. The molecule has 2 aromatic carbocycles. The number of para-hydroxylation sites is 1. The SMILES string of the molecule is CCc1ccccc1N1CC(c2nnc(NC(=O)CSCc3ccccc3)s2)CC1=O. The lowest BCUT2D eigenvalue weighted by atomic mass is 10.1. The zero-order chi connectivity index (χ0) is 21.6. The molecule has 1 atom stereocenters. The van der Waals surface area contributed by atoms with E-state index in [0.29, 0.717) is 23.8 Å². The van der Waals surface area contributed by atoms with Gasteiger partial charge in [0.2, 0.25) is 16.9 Å². The number of carbonyl (C=O) groups is 2. The quantitative estimate of drug-likeness (QED) is 0.545. The number of nitrogens with one attached hydrogen (secondary N) is 1. The van der Waals surface area contributed by atoms with Crippen molar-refractivity contribution in [2.24, 2.45) is 0 Å². The van der Waals surface area contributed by atoms with Gasteiger partial charge >= 0.3 is 0 Å². The number of aryl methyl sites for hydroxylation is 1. The fourth-order valence-electron chi connectivity index (χ4n) is 3.62. The first kappa shape index (κ1) is 21.5. The molecule has 1 aromatic heterocycles. The number of hydrogen-bond acceptors (Lipinski definition) is 6. The van der Waals surface area contributed by atoms with Crippen LogP contribution in [0.4, 0.5) is 10.8 Å². The van der Waals surface area contributed by atoms with Crippen molar-refractivity contribution in [2.45, 2.75) is 31.4 Å². The van der Waals surface area contributed by atoms with Gasteiger partial charge in [-0.1, -0.05) is 66.8 Å². The van der Waals surface area contributed by atoms with Crippen molar-refractivity contribution in [1.82, 2.24) is 10.2 Å². The van der Waals surface area contributed by atoms with E-state index in [1.807, 2.05) is 53.4 Å². The van der Waals surface area contributed by atoms with Gasteiger partial charge in [0.1, 0.15) is 5.01 Å². The Labute approximate surface area is 190 Å². The van der Waals surface area contributed by atoms with Crippen LogP contribution in [-0.2, 0) is 21.8 Å². The third-order valence-corrected chi connectivity index (χ3v) is 7.17. The molecular formula is C23H24N4O2S2. The topological polar surface area (TPSA) is 75.2 Å².